The molecule has 0 atom stereocenters. The van der Waals surface area contributed by atoms with Crippen LogP contribution in [0.3, 0.4) is 0 Å². The third-order valence-electron chi connectivity index (χ3n) is 4.00. The maximum Gasteiger partial charge on any atom is 0.131 e. The normalized spacial score (nSPS) is 10.7. The first kappa shape index (κ1) is 14.3. The lowest BCUT2D eigenvalue weighted by Gasteiger charge is -2.10. The van der Waals surface area contributed by atoms with Gasteiger partial charge in [-0.15, -0.1) is 0 Å². The van der Waals surface area contributed by atoms with Crippen molar-refractivity contribution < 1.29 is 4.74 Å². The van der Waals surface area contributed by atoms with Crippen molar-refractivity contribution in [2.45, 2.75) is 0 Å². The van der Waals surface area contributed by atoms with E-state index in [1.54, 1.807) is 19.5 Å². The Balaban J connectivity index is 1.89. The number of ether oxygens (including phenoxy) is 1. The van der Waals surface area contributed by atoms with Crippen LogP contribution >= 0.6 is 0 Å². The summed E-state index contributed by atoms with van der Waals surface area (Å²) in [7, 11) is 1.65. The molecule has 0 aliphatic carbocycles. The van der Waals surface area contributed by atoms with Gasteiger partial charge in [-0.2, -0.15) is 0 Å². The van der Waals surface area contributed by atoms with Crippen LogP contribution in [0.25, 0.3) is 33.3 Å². The van der Waals surface area contributed by atoms with E-state index in [-0.39, 0.29) is 0 Å². The summed E-state index contributed by atoms with van der Waals surface area (Å²) in [6.07, 6.45) is 7.13. The van der Waals surface area contributed by atoms with Crippen LogP contribution in [-0.4, -0.2) is 22.1 Å². The molecule has 0 radical (unpaired) electrons. The van der Waals surface area contributed by atoms with Crippen LogP contribution in [0.15, 0.2) is 73.3 Å². The van der Waals surface area contributed by atoms with Gasteiger partial charge >= 0.3 is 0 Å². The SMILES string of the molecule is COc1ccncc1-c1cc(-c2ccnc3ccccc23)ccn1. The van der Waals surface area contributed by atoms with Crippen LogP contribution in [-0.2, 0) is 0 Å². The van der Waals surface area contributed by atoms with Gasteiger partial charge < -0.3 is 4.74 Å². The number of pyridine rings is 3. The Morgan fingerprint density at radius 1 is 0.833 bits per heavy atom. The van der Waals surface area contributed by atoms with Crippen molar-refractivity contribution in [3.05, 3.63) is 73.3 Å². The van der Waals surface area contributed by atoms with E-state index in [0.29, 0.717) is 0 Å². The van der Waals surface area contributed by atoms with Gasteiger partial charge in [0.25, 0.3) is 0 Å². The second kappa shape index (κ2) is 6.08. The molecule has 4 rings (SSSR count). The molecule has 0 aliphatic heterocycles. The van der Waals surface area contributed by atoms with Crippen molar-refractivity contribution >= 4 is 10.9 Å². The number of fused-ring (bicyclic) bond motifs is 1. The van der Waals surface area contributed by atoms with Crippen LogP contribution in [0.1, 0.15) is 0 Å². The summed E-state index contributed by atoms with van der Waals surface area (Å²) in [5, 5.41) is 1.12. The van der Waals surface area contributed by atoms with Gasteiger partial charge in [0.05, 0.1) is 23.9 Å². The van der Waals surface area contributed by atoms with Gasteiger partial charge in [0, 0.05) is 30.2 Å². The predicted molar refractivity (Wildman–Crippen MR) is 94.8 cm³/mol. The molecule has 1 aromatic carbocycles. The first-order valence-corrected chi connectivity index (χ1v) is 7.65. The van der Waals surface area contributed by atoms with Crippen molar-refractivity contribution in [2.75, 3.05) is 7.11 Å². The molecule has 4 aromatic rings. The zero-order valence-electron chi connectivity index (χ0n) is 13.2. The largest absolute Gasteiger partial charge is 0.496 e. The lowest BCUT2D eigenvalue weighted by Crippen LogP contribution is -1.92. The number of rotatable bonds is 3. The van der Waals surface area contributed by atoms with Crippen molar-refractivity contribution in [3.8, 4) is 28.1 Å². The number of hydrogen-bond donors (Lipinski definition) is 0. The molecule has 0 aliphatic rings. The molecule has 4 nitrogen and oxygen atoms in total. The summed E-state index contributed by atoms with van der Waals surface area (Å²) in [6, 6.07) is 16.1. The van der Waals surface area contributed by atoms with E-state index in [1.165, 1.54) is 0 Å². The van der Waals surface area contributed by atoms with Crippen molar-refractivity contribution in [1.82, 2.24) is 15.0 Å². The molecule has 0 unspecified atom stereocenters. The number of para-hydroxylation sites is 1. The average molecular weight is 313 g/mol. The molecular formula is C20H15N3O. The minimum Gasteiger partial charge on any atom is -0.496 e. The Bertz CT molecular complexity index is 1010. The highest BCUT2D eigenvalue weighted by Gasteiger charge is 2.10. The molecule has 116 valence electrons. The molecule has 0 saturated carbocycles. The average Bonchev–Trinajstić information content (AvgIpc) is 2.67. The standard InChI is InChI=1S/C20H15N3O/c1-24-20-8-9-21-13-17(20)19-12-14(6-10-23-19)15-7-11-22-18-5-3-2-4-16(15)18/h2-13H,1H3. The monoisotopic (exact) mass is 313 g/mol. The minimum atomic E-state index is 0.759. The molecule has 0 bridgehead atoms. The molecule has 3 aromatic heterocycles. The Morgan fingerprint density at radius 3 is 2.62 bits per heavy atom. The molecule has 0 spiro atoms. The predicted octanol–water partition coefficient (Wildman–Crippen LogP) is 4.37. The van der Waals surface area contributed by atoms with Gasteiger partial charge in [0.1, 0.15) is 5.75 Å². The van der Waals surface area contributed by atoms with Crippen LogP contribution < -0.4 is 4.74 Å². The fourth-order valence-corrected chi connectivity index (χ4v) is 2.85. The van der Waals surface area contributed by atoms with Crippen LogP contribution in [0.2, 0.25) is 0 Å². The van der Waals surface area contributed by atoms with Gasteiger partial charge in [-0.1, -0.05) is 18.2 Å². The molecular weight excluding hydrogens is 298 g/mol. The first-order chi connectivity index (χ1) is 11.9. The number of aromatic nitrogens is 3. The third-order valence-corrected chi connectivity index (χ3v) is 4.00. The van der Waals surface area contributed by atoms with E-state index in [2.05, 4.69) is 27.1 Å². The first-order valence-electron chi connectivity index (χ1n) is 7.65. The van der Waals surface area contributed by atoms with E-state index >= 15 is 0 Å². The molecule has 4 heteroatoms. The minimum absolute atomic E-state index is 0.759. The molecule has 0 amide bonds. The fraction of sp³-hybridized carbons (Fsp3) is 0.0500. The van der Waals surface area contributed by atoms with E-state index in [0.717, 1.165) is 39.0 Å². The maximum atomic E-state index is 5.43. The highest BCUT2D eigenvalue weighted by molar-refractivity contribution is 5.94. The van der Waals surface area contributed by atoms with Gasteiger partial charge in [0.15, 0.2) is 0 Å². The molecule has 0 saturated heterocycles. The maximum absolute atomic E-state index is 5.43. The van der Waals surface area contributed by atoms with E-state index in [9.17, 15) is 0 Å². The van der Waals surface area contributed by atoms with Crippen molar-refractivity contribution in [2.24, 2.45) is 0 Å². The molecule has 24 heavy (non-hydrogen) atoms. The zero-order valence-corrected chi connectivity index (χ0v) is 13.2. The lowest BCUT2D eigenvalue weighted by molar-refractivity contribution is 0.416. The highest BCUT2D eigenvalue weighted by atomic mass is 16.5. The van der Waals surface area contributed by atoms with Crippen molar-refractivity contribution in [3.63, 3.8) is 0 Å². The number of hydrogen-bond acceptors (Lipinski definition) is 4. The summed E-state index contributed by atoms with van der Waals surface area (Å²) in [4.78, 5) is 13.1. The van der Waals surface area contributed by atoms with E-state index in [4.69, 9.17) is 4.74 Å². The molecule has 3 heterocycles. The smallest absolute Gasteiger partial charge is 0.131 e. The van der Waals surface area contributed by atoms with Gasteiger partial charge in [-0.25, -0.2) is 0 Å². The fourth-order valence-electron chi connectivity index (χ4n) is 2.85. The zero-order chi connectivity index (χ0) is 16.4. The number of nitrogens with zero attached hydrogens (tertiary/aromatic N) is 3. The highest BCUT2D eigenvalue weighted by Crippen LogP contribution is 2.32. The summed E-state index contributed by atoms with van der Waals surface area (Å²) in [5.41, 5.74) is 4.91. The molecule has 0 fully saturated rings. The Morgan fingerprint density at radius 2 is 1.71 bits per heavy atom. The lowest BCUT2D eigenvalue weighted by atomic mass is 10.0. The number of methoxy groups -OCH3 is 1. The topological polar surface area (TPSA) is 47.9 Å². The van der Waals surface area contributed by atoms with Gasteiger partial charge in [0.2, 0.25) is 0 Å². The van der Waals surface area contributed by atoms with Crippen LogP contribution in [0.5, 0.6) is 5.75 Å². The summed E-state index contributed by atoms with van der Waals surface area (Å²) in [5.74, 6) is 0.759. The second-order valence-corrected chi connectivity index (χ2v) is 5.38. The Hall–Kier alpha value is -3.27. The summed E-state index contributed by atoms with van der Waals surface area (Å²) in [6.45, 7) is 0. The third kappa shape index (κ3) is 2.48. The number of benzene rings is 1. The Labute approximate surface area is 139 Å². The quantitative estimate of drug-likeness (QED) is 0.563. The van der Waals surface area contributed by atoms with Gasteiger partial charge in [-0.05, 0) is 41.5 Å². The summed E-state index contributed by atoms with van der Waals surface area (Å²) >= 11 is 0. The van der Waals surface area contributed by atoms with E-state index in [1.807, 2.05) is 48.8 Å². The summed E-state index contributed by atoms with van der Waals surface area (Å²) < 4.78 is 5.43. The molecule has 0 N–H and O–H groups in total. The van der Waals surface area contributed by atoms with Crippen LogP contribution in [0, 0.1) is 0 Å². The van der Waals surface area contributed by atoms with E-state index < -0.39 is 0 Å². The van der Waals surface area contributed by atoms with Crippen LogP contribution in [0.4, 0.5) is 0 Å². The van der Waals surface area contributed by atoms with Gasteiger partial charge in [-0.3, -0.25) is 15.0 Å². The second-order valence-electron chi connectivity index (χ2n) is 5.38. The Kier molecular flexibility index (Phi) is 3.63. The van der Waals surface area contributed by atoms with Crippen molar-refractivity contribution in [1.29, 1.82) is 0 Å².